The van der Waals surface area contributed by atoms with Gasteiger partial charge in [-0.05, 0) is 73.9 Å². The third-order valence-corrected chi connectivity index (χ3v) is 8.39. The molecular formula is C39H36N6O7. The van der Waals surface area contributed by atoms with Crippen LogP contribution in [0.25, 0.3) is 16.6 Å². The number of nitrogens with two attached hydrogens (primary N) is 1. The summed E-state index contributed by atoms with van der Waals surface area (Å²) in [6, 6.07) is 26.4. The summed E-state index contributed by atoms with van der Waals surface area (Å²) >= 11 is 0. The van der Waals surface area contributed by atoms with Crippen LogP contribution in [0.1, 0.15) is 39.8 Å². The lowest BCUT2D eigenvalue weighted by molar-refractivity contribution is -0.139. The molecule has 13 nitrogen and oxygen atoms in total. The van der Waals surface area contributed by atoms with Crippen LogP contribution in [-0.4, -0.2) is 50.3 Å². The monoisotopic (exact) mass is 700 g/mol. The van der Waals surface area contributed by atoms with Crippen molar-refractivity contribution in [3.63, 3.8) is 0 Å². The van der Waals surface area contributed by atoms with Gasteiger partial charge in [0, 0.05) is 24.2 Å². The van der Waals surface area contributed by atoms with Crippen LogP contribution in [0.15, 0.2) is 114 Å². The number of pyridine rings is 2. The van der Waals surface area contributed by atoms with Crippen molar-refractivity contribution < 1.29 is 28.6 Å². The fourth-order valence-electron chi connectivity index (χ4n) is 5.79. The van der Waals surface area contributed by atoms with Gasteiger partial charge in [0.25, 0.3) is 11.5 Å². The van der Waals surface area contributed by atoms with Crippen molar-refractivity contribution in [3.8, 4) is 22.9 Å². The van der Waals surface area contributed by atoms with E-state index in [9.17, 15) is 19.2 Å². The molecule has 52 heavy (non-hydrogen) atoms. The third kappa shape index (κ3) is 7.74. The summed E-state index contributed by atoms with van der Waals surface area (Å²) < 4.78 is 19.5. The van der Waals surface area contributed by atoms with E-state index in [1.54, 1.807) is 97.7 Å². The number of benzene rings is 3. The van der Waals surface area contributed by atoms with E-state index in [0.717, 1.165) is 5.39 Å². The largest absolute Gasteiger partial charge is 0.497 e. The summed E-state index contributed by atoms with van der Waals surface area (Å²) in [4.78, 5) is 61.3. The van der Waals surface area contributed by atoms with Gasteiger partial charge in [-0.15, -0.1) is 0 Å². The fourth-order valence-corrected chi connectivity index (χ4v) is 5.79. The molecule has 1 amide bonds. The molecule has 0 radical (unpaired) electrons. The summed E-state index contributed by atoms with van der Waals surface area (Å²) in [5.74, 6) is -0.689. The zero-order valence-electron chi connectivity index (χ0n) is 28.7. The minimum Gasteiger partial charge on any atom is -0.497 e. The van der Waals surface area contributed by atoms with E-state index < -0.39 is 29.4 Å². The van der Waals surface area contributed by atoms with Gasteiger partial charge < -0.3 is 25.3 Å². The standard InChI is InChI=1S/C39H36N6O7/c1-24(20-31(40)39(49)52-38(48)26-10-6-4-7-11-26)23-44-25(2)35(37(47)45(44)27-12-8-5-9-13-27)36(46)43-34-17-15-29(22-42-34)51-33-18-19-41-32-21-28(50-3)14-16-30(32)33/h4-19,21-22,24,31H,20,23,40H2,1-3H3,(H,42,43,46)/t24-,31?/m0/s1. The van der Waals surface area contributed by atoms with E-state index in [0.29, 0.717) is 34.1 Å². The molecule has 0 spiro atoms. The van der Waals surface area contributed by atoms with Gasteiger partial charge in [0.2, 0.25) is 0 Å². The Morgan fingerprint density at radius 3 is 2.31 bits per heavy atom. The minimum absolute atomic E-state index is 0.0750. The predicted molar refractivity (Wildman–Crippen MR) is 194 cm³/mol. The van der Waals surface area contributed by atoms with Crippen LogP contribution in [-0.2, 0) is 16.1 Å². The molecule has 13 heteroatoms. The lowest BCUT2D eigenvalue weighted by Crippen LogP contribution is -2.36. The Morgan fingerprint density at radius 2 is 1.62 bits per heavy atom. The molecule has 0 saturated carbocycles. The van der Waals surface area contributed by atoms with Crippen LogP contribution in [0.4, 0.5) is 5.82 Å². The second-order valence-corrected chi connectivity index (χ2v) is 12.1. The number of esters is 2. The highest BCUT2D eigenvalue weighted by Crippen LogP contribution is 2.31. The number of nitrogens with one attached hydrogen (secondary N) is 1. The molecule has 3 heterocycles. The maximum Gasteiger partial charge on any atom is 0.345 e. The van der Waals surface area contributed by atoms with Gasteiger partial charge in [-0.3, -0.25) is 19.3 Å². The number of nitrogens with zero attached hydrogens (tertiary/aromatic N) is 4. The molecule has 0 aliphatic rings. The first-order valence-corrected chi connectivity index (χ1v) is 16.5. The minimum atomic E-state index is -1.10. The summed E-state index contributed by atoms with van der Waals surface area (Å²) in [5.41, 5.74) is 7.42. The number of rotatable bonds is 12. The maximum absolute atomic E-state index is 13.9. The highest BCUT2D eigenvalue weighted by Gasteiger charge is 2.27. The SMILES string of the molecule is COc1ccc2c(Oc3ccc(NC(=O)c4c(C)n(C[C@@H](C)CC(N)C(=O)OC(=O)c5ccccc5)n(-c5ccccc5)c4=O)nc3)ccnc2c1. The molecule has 6 aromatic rings. The maximum atomic E-state index is 13.9. The first kappa shape index (κ1) is 35.2. The number of carbonyl (C=O) groups is 3. The Bertz CT molecular complexity index is 2290. The number of amides is 1. The van der Waals surface area contributed by atoms with Crippen LogP contribution >= 0.6 is 0 Å². The van der Waals surface area contributed by atoms with Crippen molar-refractivity contribution in [1.82, 2.24) is 19.3 Å². The number of ether oxygens (including phenoxy) is 3. The van der Waals surface area contributed by atoms with Crippen LogP contribution in [0.3, 0.4) is 0 Å². The summed E-state index contributed by atoms with van der Waals surface area (Å²) in [6.45, 7) is 3.75. The highest BCUT2D eigenvalue weighted by atomic mass is 16.6. The number of methoxy groups -OCH3 is 1. The van der Waals surface area contributed by atoms with Gasteiger partial charge in [0.15, 0.2) is 0 Å². The summed E-state index contributed by atoms with van der Waals surface area (Å²) in [6.07, 6.45) is 3.24. The normalized spacial score (nSPS) is 12.2. The molecule has 6 rings (SSSR count). The molecule has 264 valence electrons. The van der Waals surface area contributed by atoms with Gasteiger partial charge in [0.05, 0.1) is 35.8 Å². The van der Waals surface area contributed by atoms with Crippen LogP contribution in [0.2, 0.25) is 0 Å². The lowest BCUT2D eigenvalue weighted by atomic mass is 10.0. The van der Waals surface area contributed by atoms with Crippen molar-refractivity contribution in [1.29, 1.82) is 0 Å². The zero-order valence-corrected chi connectivity index (χ0v) is 28.7. The molecule has 2 atom stereocenters. The number of hydrogen-bond acceptors (Lipinski definition) is 10. The Balaban J connectivity index is 1.18. The molecule has 3 aromatic carbocycles. The molecule has 0 saturated heterocycles. The number of anilines is 1. The molecule has 0 bridgehead atoms. The molecule has 0 aliphatic heterocycles. The molecule has 3 aromatic heterocycles. The molecule has 1 unspecified atom stereocenters. The van der Waals surface area contributed by atoms with E-state index in [4.69, 9.17) is 19.9 Å². The molecule has 3 N–H and O–H groups in total. The van der Waals surface area contributed by atoms with Crippen LogP contribution in [0.5, 0.6) is 17.2 Å². The van der Waals surface area contributed by atoms with E-state index in [1.165, 1.54) is 10.9 Å². The van der Waals surface area contributed by atoms with Gasteiger partial charge in [-0.1, -0.05) is 43.3 Å². The van der Waals surface area contributed by atoms with Gasteiger partial charge in [-0.2, -0.15) is 0 Å². The number of carbonyl (C=O) groups excluding carboxylic acids is 3. The number of aromatic nitrogens is 4. The van der Waals surface area contributed by atoms with Crippen molar-refractivity contribution in [3.05, 3.63) is 137 Å². The van der Waals surface area contributed by atoms with Crippen molar-refractivity contribution >= 4 is 34.6 Å². The smallest absolute Gasteiger partial charge is 0.345 e. The number of fused-ring (bicyclic) bond motifs is 1. The van der Waals surface area contributed by atoms with E-state index in [1.807, 2.05) is 31.2 Å². The average molecular weight is 701 g/mol. The van der Waals surface area contributed by atoms with E-state index in [-0.39, 0.29) is 35.8 Å². The van der Waals surface area contributed by atoms with Crippen molar-refractivity contribution in [2.75, 3.05) is 12.4 Å². The first-order valence-electron chi connectivity index (χ1n) is 16.5. The van der Waals surface area contributed by atoms with Gasteiger partial charge >= 0.3 is 11.9 Å². The lowest BCUT2D eigenvalue weighted by Gasteiger charge is -2.20. The summed E-state index contributed by atoms with van der Waals surface area (Å²) in [7, 11) is 1.59. The molecular weight excluding hydrogens is 664 g/mol. The van der Waals surface area contributed by atoms with Crippen LogP contribution < -0.4 is 26.1 Å². The van der Waals surface area contributed by atoms with Gasteiger partial charge in [0.1, 0.15) is 34.7 Å². The average Bonchev–Trinajstić information content (AvgIpc) is 3.40. The topological polar surface area (TPSA) is 170 Å². The Hall–Kier alpha value is -6.60. The fraction of sp³-hybridized carbons (Fsp3) is 0.179. The Labute approximate surface area is 298 Å². The second kappa shape index (κ2) is 15.5. The number of para-hydroxylation sites is 1. The van der Waals surface area contributed by atoms with Crippen LogP contribution in [0, 0.1) is 12.8 Å². The highest BCUT2D eigenvalue weighted by molar-refractivity contribution is 6.04. The van der Waals surface area contributed by atoms with Crippen molar-refractivity contribution in [2.45, 2.75) is 32.9 Å². The van der Waals surface area contributed by atoms with E-state index in [2.05, 4.69) is 15.3 Å². The third-order valence-electron chi connectivity index (χ3n) is 8.39. The quantitative estimate of drug-likeness (QED) is 0.120. The van der Waals surface area contributed by atoms with Crippen molar-refractivity contribution in [2.24, 2.45) is 11.7 Å². The Kier molecular flexibility index (Phi) is 10.5. The number of hydrogen-bond donors (Lipinski definition) is 2. The second-order valence-electron chi connectivity index (χ2n) is 12.1. The predicted octanol–water partition coefficient (Wildman–Crippen LogP) is 5.68. The zero-order chi connectivity index (χ0) is 36.8. The Morgan fingerprint density at radius 1 is 0.904 bits per heavy atom. The summed E-state index contributed by atoms with van der Waals surface area (Å²) in [5, 5.41) is 3.51. The van der Waals surface area contributed by atoms with E-state index >= 15 is 0 Å². The van der Waals surface area contributed by atoms with Gasteiger partial charge in [-0.25, -0.2) is 19.3 Å². The first-order chi connectivity index (χ1) is 25.1. The molecule has 0 aliphatic carbocycles. The molecule has 0 fully saturated rings.